The van der Waals surface area contributed by atoms with Gasteiger partial charge in [-0.05, 0) is 44.6 Å². The Bertz CT molecular complexity index is 836. The van der Waals surface area contributed by atoms with Gasteiger partial charge in [-0.1, -0.05) is 6.92 Å². The second-order valence-corrected chi connectivity index (χ2v) is 7.28. The lowest BCUT2D eigenvalue weighted by atomic mass is 10.2. The third-order valence-electron chi connectivity index (χ3n) is 3.31. The Labute approximate surface area is 131 Å². The summed E-state index contributed by atoms with van der Waals surface area (Å²) in [6.07, 6.45) is 6.55. The Morgan fingerprint density at radius 3 is 2.86 bits per heavy atom. The SMILES string of the molecule is CCc1ccc(C(=O)C=Cc2c(C)nc3sc(C)cn23)s1. The number of thiophene rings is 1. The van der Waals surface area contributed by atoms with E-state index >= 15 is 0 Å². The molecular formula is C16H16N2OS2. The number of allylic oxidation sites excluding steroid dienone is 1. The van der Waals surface area contributed by atoms with Crippen LogP contribution in [0.4, 0.5) is 0 Å². The Morgan fingerprint density at radius 1 is 1.33 bits per heavy atom. The molecule has 21 heavy (non-hydrogen) atoms. The molecule has 3 heterocycles. The number of aromatic nitrogens is 2. The van der Waals surface area contributed by atoms with Gasteiger partial charge in [0.25, 0.3) is 0 Å². The number of ketones is 1. The van der Waals surface area contributed by atoms with Gasteiger partial charge in [0.15, 0.2) is 10.7 Å². The molecule has 3 rings (SSSR count). The molecule has 0 aliphatic rings. The Balaban J connectivity index is 1.90. The second kappa shape index (κ2) is 5.58. The van der Waals surface area contributed by atoms with Crippen LogP contribution in [0.1, 0.15) is 37.7 Å². The number of rotatable bonds is 4. The van der Waals surface area contributed by atoms with E-state index in [1.807, 2.05) is 29.5 Å². The zero-order valence-electron chi connectivity index (χ0n) is 12.2. The van der Waals surface area contributed by atoms with E-state index < -0.39 is 0 Å². The van der Waals surface area contributed by atoms with Gasteiger partial charge >= 0.3 is 0 Å². The first kappa shape index (κ1) is 14.2. The second-order valence-electron chi connectivity index (χ2n) is 4.89. The highest BCUT2D eigenvalue weighted by Gasteiger charge is 2.10. The summed E-state index contributed by atoms with van der Waals surface area (Å²) in [5, 5.41) is 0. The number of imidazole rings is 1. The van der Waals surface area contributed by atoms with Crippen molar-refractivity contribution in [1.29, 1.82) is 0 Å². The van der Waals surface area contributed by atoms with Crippen LogP contribution in [0.25, 0.3) is 11.0 Å². The summed E-state index contributed by atoms with van der Waals surface area (Å²) in [7, 11) is 0. The van der Waals surface area contributed by atoms with Crippen LogP contribution in [0.15, 0.2) is 24.4 Å². The largest absolute Gasteiger partial charge is 0.290 e. The number of hydrogen-bond acceptors (Lipinski definition) is 4. The molecule has 108 valence electrons. The van der Waals surface area contributed by atoms with Crippen LogP contribution in [0.5, 0.6) is 0 Å². The van der Waals surface area contributed by atoms with E-state index in [0.29, 0.717) is 0 Å². The van der Waals surface area contributed by atoms with Gasteiger partial charge in [0.05, 0.1) is 16.3 Å². The topological polar surface area (TPSA) is 34.4 Å². The van der Waals surface area contributed by atoms with Gasteiger partial charge in [0.2, 0.25) is 0 Å². The summed E-state index contributed by atoms with van der Waals surface area (Å²) in [5.74, 6) is 0.0565. The third kappa shape index (κ3) is 2.71. The Kier molecular flexibility index (Phi) is 3.78. The first-order valence-corrected chi connectivity index (χ1v) is 8.48. The van der Waals surface area contributed by atoms with Crippen molar-refractivity contribution in [2.75, 3.05) is 0 Å². The molecule has 0 spiro atoms. The molecule has 0 bridgehead atoms. The lowest BCUT2D eigenvalue weighted by Crippen LogP contribution is -1.90. The summed E-state index contributed by atoms with van der Waals surface area (Å²) in [6.45, 7) is 6.13. The molecule has 0 radical (unpaired) electrons. The summed E-state index contributed by atoms with van der Waals surface area (Å²) in [6, 6.07) is 3.93. The average Bonchev–Trinajstić information content (AvgIpc) is 3.11. The fraction of sp³-hybridized carbons (Fsp3) is 0.250. The number of hydrogen-bond donors (Lipinski definition) is 0. The molecule has 5 heteroatoms. The van der Waals surface area contributed by atoms with Crippen molar-refractivity contribution in [1.82, 2.24) is 9.38 Å². The Morgan fingerprint density at radius 2 is 2.14 bits per heavy atom. The van der Waals surface area contributed by atoms with Crippen LogP contribution >= 0.6 is 22.7 Å². The van der Waals surface area contributed by atoms with E-state index in [4.69, 9.17) is 0 Å². The lowest BCUT2D eigenvalue weighted by Gasteiger charge is -1.93. The highest BCUT2D eigenvalue weighted by atomic mass is 32.1. The lowest BCUT2D eigenvalue weighted by molar-refractivity contribution is 0.105. The van der Waals surface area contributed by atoms with Crippen molar-refractivity contribution in [3.8, 4) is 0 Å². The van der Waals surface area contributed by atoms with Gasteiger partial charge in [-0.3, -0.25) is 9.20 Å². The average molecular weight is 316 g/mol. The van der Waals surface area contributed by atoms with Crippen LogP contribution in [-0.4, -0.2) is 15.2 Å². The summed E-state index contributed by atoms with van der Waals surface area (Å²) in [4.78, 5) is 21.0. The van der Waals surface area contributed by atoms with Crippen molar-refractivity contribution in [2.45, 2.75) is 27.2 Å². The maximum Gasteiger partial charge on any atom is 0.195 e. The molecule has 3 aromatic heterocycles. The number of carbonyl (C=O) groups excluding carboxylic acids is 1. The van der Waals surface area contributed by atoms with E-state index in [9.17, 15) is 4.79 Å². The summed E-state index contributed by atoms with van der Waals surface area (Å²) in [5.41, 5.74) is 1.93. The fourth-order valence-electron chi connectivity index (χ4n) is 2.22. The van der Waals surface area contributed by atoms with Gasteiger partial charge in [0, 0.05) is 16.0 Å². The molecule has 0 saturated carbocycles. The quantitative estimate of drug-likeness (QED) is 0.523. The van der Waals surface area contributed by atoms with Crippen molar-refractivity contribution in [2.24, 2.45) is 0 Å². The zero-order chi connectivity index (χ0) is 15.0. The number of thiazole rings is 1. The molecule has 0 unspecified atom stereocenters. The van der Waals surface area contributed by atoms with Crippen molar-refractivity contribution in [3.05, 3.63) is 50.4 Å². The molecule has 3 nitrogen and oxygen atoms in total. The standard InChI is InChI=1S/C16H16N2OS2/c1-4-12-5-8-15(21-12)14(19)7-6-13-11(3)17-16-18(13)9-10(2)20-16/h5-9H,4H2,1-3H3. The molecule has 0 aromatic carbocycles. The summed E-state index contributed by atoms with van der Waals surface area (Å²) >= 11 is 3.23. The molecule has 3 aromatic rings. The molecule has 0 saturated heterocycles. The molecular weight excluding hydrogens is 300 g/mol. The predicted molar refractivity (Wildman–Crippen MR) is 89.6 cm³/mol. The van der Waals surface area contributed by atoms with Crippen LogP contribution < -0.4 is 0 Å². The van der Waals surface area contributed by atoms with E-state index in [2.05, 4.69) is 25.0 Å². The highest BCUT2D eigenvalue weighted by molar-refractivity contribution is 7.17. The minimum Gasteiger partial charge on any atom is -0.290 e. The van der Waals surface area contributed by atoms with E-state index in [1.165, 1.54) is 9.75 Å². The van der Waals surface area contributed by atoms with Crippen LogP contribution in [0, 0.1) is 13.8 Å². The molecule has 0 fully saturated rings. The molecule has 0 aliphatic heterocycles. The first-order valence-electron chi connectivity index (χ1n) is 6.84. The minimum atomic E-state index is 0.0565. The fourth-order valence-corrected chi connectivity index (χ4v) is 3.96. The number of nitrogens with zero attached hydrogens (tertiary/aromatic N) is 2. The molecule has 0 aliphatic carbocycles. The normalized spacial score (nSPS) is 11.8. The number of fused-ring (bicyclic) bond motifs is 1. The van der Waals surface area contributed by atoms with Crippen LogP contribution in [-0.2, 0) is 6.42 Å². The molecule has 0 N–H and O–H groups in total. The Hall–Kier alpha value is -1.72. The molecule has 0 amide bonds. The van der Waals surface area contributed by atoms with Gasteiger partial charge in [0.1, 0.15) is 0 Å². The summed E-state index contributed by atoms with van der Waals surface area (Å²) < 4.78 is 2.05. The number of carbonyl (C=O) groups is 1. The first-order chi connectivity index (χ1) is 10.1. The minimum absolute atomic E-state index is 0.0565. The maximum atomic E-state index is 12.2. The van der Waals surface area contributed by atoms with Gasteiger partial charge in [-0.15, -0.1) is 22.7 Å². The monoisotopic (exact) mass is 316 g/mol. The van der Waals surface area contributed by atoms with Crippen molar-refractivity contribution in [3.63, 3.8) is 0 Å². The number of aryl methyl sites for hydroxylation is 3. The van der Waals surface area contributed by atoms with E-state index in [1.54, 1.807) is 28.7 Å². The van der Waals surface area contributed by atoms with E-state index in [-0.39, 0.29) is 5.78 Å². The van der Waals surface area contributed by atoms with Crippen molar-refractivity contribution < 1.29 is 4.79 Å². The predicted octanol–water partition coefficient (Wildman–Crippen LogP) is 4.53. The van der Waals surface area contributed by atoms with Gasteiger partial charge in [-0.2, -0.15) is 0 Å². The molecule has 0 atom stereocenters. The van der Waals surface area contributed by atoms with Gasteiger partial charge in [-0.25, -0.2) is 4.98 Å². The zero-order valence-corrected chi connectivity index (χ0v) is 13.8. The van der Waals surface area contributed by atoms with Gasteiger partial charge < -0.3 is 0 Å². The van der Waals surface area contributed by atoms with Crippen LogP contribution in [0.2, 0.25) is 0 Å². The third-order valence-corrected chi connectivity index (χ3v) is 5.45. The van der Waals surface area contributed by atoms with Crippen LogP contribution in [0.3, 0.4) is 0 Å². The van der Waals surface area contributed by atoms with Crippen molar-refractivity contribution >= 4 is 39.5 Å². The maximum absolute atomic E-state index is 12.2. The smallest absolute Gasteiger partial charge is 0.195 e. The van der Waals surface area contributed by atoms with E-state index in [0.717, 1.165) is 27.6 Å². The highest BCUT2D eigenvalue weighted by Crippen LogP contribution is 2.22.